The number of Topliss-reactive ketones (excluding diaryl/α,β-unsaturated/α-hetero) is 1. The summed E-state index contributed by atoms with van der Waals surface area (Å²) in [6.07, 6.45) is 1.54. The number of ether oxygens (including phenoxy) is 6. The molecule has 0 fully saturated rings. The first-order valence-corrected chi connectivity index (χ1v) is 10.8. The Morgan fingerprint density at radius 1 is 0.914 bits per heavy atom. The van der Waals surface area contributed by atoms with E-state index in [-0.39, 0.29) is 22.9 Å². The predicted molar refractivity (Wildman–Crippen MR) is 128 cm³/mol. The number of allylic oxidation sites excluding steroid dienone is 1. The second kappa shape index (κ2) is 10.2. The van der Waals surface area contributed by atoms with Crippen LogP contribution in [-0.4, -0.2) is 39.7 Å². The van der Waals surface area contributed by atoms with Gasteiger partial charge in [0.1, 0.15) is 17.2 Å². The van der Waals surface area contributed by atoms with Gasteiger partial charge in [-0.2, -0.15) is 0 Å². The summed E-state index contributed by atoms with van der Waals surface area (Å²) in [4.78, 5) is 25.8. The maximum atomic E-state index is 13.0. The first-order valence-electron chi connectivity index (χ1n) is 10.8. The van der Waals surface area contributed by atoms with Crippen LogP contribution in [0.25, 0.3) is 6.08 Å². The molecule has 4 rings (SSSR count). The molecule has 1 aliphatic heterocycles. The van der Waals surface area contributed by atoms with Gasteiger partial charge in [-0.15, -0.1) is 0 Å². The van der Waals surface area contributed by atoms with E-state index in [1.54, 1.807) is 48.5 Å². The summed E-state index contributed by atoms with van der Waals surface area (Å²) in [5.41, 5.74) is 1.13. The molecule has 1 aliphatic rings. The van der Waals surface area contributed by atoms with Crippen molar-refractivity contribution in [1.82, 2.24) is 0 Å². The third-order valence-corrected chi connectivity index (χ3v) is 5.26. The molecular formula is C27H24O8. The molecule has 0 aliphatic carbocycles. The van der Waals surface area contributed by atoms with Crippen LogP contribution in [-0.2, 0) is 0 Å². The predicted octanol–water partition coefficient (Wildman–Crippen LogP) is 4.95. The molecule has 0 radical (unpaired) electrons. The Balaban J connectivity index is 1.62. The van der Waals surface area contributed by atoms with Gasteiger partial charge < -0.3 is 28.4 Å². The van der Waals surface area contributed by atoms with Crippen LogP contribution in [0.15, 0.2) is 60.4 Å². The maximum Gasteiger partial charge on any atom is 0.343 e. The molecule has 0 saturated heterocycles. The number of rotatable bonds is 8. The highest BCUT2D eigenvalue weighted by molar-refractivity contribution is 6.14. The maximum absolute atomic E-state index is 13.0. The molecule has 180 valence electrons. The van der Waals surface area contributed by atoms with Crippen LogP contribution in [0.1, 0.15) is 33.2 Å². The topological polar surface area (TPSA) is 89.5 Å². The van der Waals surface area contributed by atoms with Gasteiger partial charge in [0.15, 0.2) is 17.3 Å². The third-order valence-electron chi connectivity index (χ3n) is 5.26. The van der Waals surface area contributed by atoms with Crippen molar-refractivity contribution in [2.45, 2.75) is 6.92 Å². The second-order valence-electron chi connectivity index (χ2n) is 7.37. The number of ketones is 1. The van der Waals surface area contributed by atoms with E-state index in [0.717, 1.165) is 0 Å². The van der Waals surface area contributed by atoms with E-state index in [2.05, 4.69) is 0 Å². The zero-order valence-corrected chi connectivity index (χ0v) is 19.7. The molecule has 8 heteroatoms. The van der Waals surface area contributed by atoms with Crippen molar-refractivity contribution in [2.24, 2.45) is 0 Å². The fourth-order valence-corrected chi connectivity index (χ4v) is 3.62. The standard InChI is InChI=1S/C27H24O8/c1-5-33-18-10-11-19-21(15-18)34-22(25(19)28)12-16-8-6-7-9-20(16)35-27(29)17-13-23(30-2)26(32-4)24(14-17)31-3/h6-15H,5H2,1-4H3/b22-12-. The van der Waals surface area contributed by atoms with E-state index >= 15 is 0 Å². The number of para-hydroxylation sites is 1. The average Bonchev–Trinajstić information content (AvgIpc) is 3.18. The molecule has 0 spiro atoms. The smallest absolute Gasteiger partial charge is 0.343 e. The summed E-state index contributed by atoms with van der Waals surface area (Å²) in [5, 5.41) is 0. The van der Waals surface area contributed by atoms with E-state index in [9.17, 15) is 9.59 Å². The van der Waals surface area contributed by atoms with Gasteiger partial charge in [-0.05, 0) is 43.3 Å². The molecule has 0 aromatic heterocycles. The molecule has 0 saturated carbocycles. The van der Waals surface area contributed by atoms with E-state index in [1.165, 1.54) is 33.5 Å². The highest BCUT2D eigenvalue weighted by Crippen LogP contribution is 2.39. The normalized spacial score (nSPS) is 13.1. The first kappa shape index (κ1) is 23.7. The van der Waals surface area contributed by atoms with Crippen LogP contribution < -0.4 is 28.4 Å². The number of carbonyl (C=O) groups is 2. The van der Waals surface area contributed by atoms with Crippen LogP contribution >= 0.6 is 0 Å². The van der Waals surface area contributed by atoms with Gasteiger partial charge >= 0.3 is 5.97 Å². The van der Waals surface area contributed by atoms with E-state index in [0.29, 0.717) is 46.5 Å². The zero-order chi connectivity index (χ0) is 24.9. The number of hydrogen-bond acceptors (Lipinski definition) is 8. The lowest BCUT2D eigenvalue weighted by atomic mass is 10.1. The van der Waals surface area contributed by atoms with Crippen molar-refractivity contribution in [1.29, 1.82) is 0 Å². The summed E-state index contributed by atoms with van der Waals surface area (Å²) in [7, 11) is 4.40. The lowest BCUT2D eigenvalue weighted by Crippen LogP contribution is -2.10. The summed E-state index contributed by atoms with van der Waals surface area (Å²) in [6, 6.07) is 14.9. The van der Waals surface area contributed by atoms with E-state index in [1.807, 2.05) is 6.92 Å². The van der Waals surface area contributed by atoms with Crippen LogP contribution in [0.4, 0.5) is 0 Å². The van der Waals surface area contributed by atoms with Gasteiger partial charge in [-0.3, -0.25) is 4.79 Å². The van der Waals surface area contributed by atoms with Crippen LogP contribution in [0, 0.1) is 0 Å². The molecule has 0 bridgehead atoms. The van der Waals surface area contributed by atoms with Crippen molar-refractivity contribution in [3.8, 4) is 34.5 Å². The van der Waals surface area contributed by atoms with Crippen molar-refractivity contribution in [2.75, 3.05) is 27.9 Å². The minimum absolute atomic E-state index is 0.116. The number of hydrogen-bond donors (Lipinski definition) is 0. The number of carbonyl (C=O) groups excluding carboxylic acids is 2. The molecule has 1 heterocycles. The molecule has 3 aromatic carbocycles. The van der Waals surface area contributed by atoms with Gasteiger partial charge in [0.25, 0.3) is 0 Å². The quantitative estimate of drug-likeness (QED) is 0.256. The minimum atomic E-state index is -0.640. The second-order valence-corrected chi connectivity index (χ2v) is 7.37. The molecule has 35 heavy (non-hydrogen) atoms. The summed E-state index contributed by atoms with van der Waals surface area (Å²) in [6.45, 7) is 2.38. The Morgan fingerprint density at radius 2 is 1.63 bits per heavy atom. The van der Waals surface area contributed by atoms with Crippen LogP contribution in [0.3, 0.4) is 0 Å². The molecule has 0 atom stereocenters. The molecular weight excluding hydrogens is 452 g/mol. The number of esters is 1. The Hall–Kier alpha value is -4.46. The first-order chi connectivity index (χ1) is 17.0. The van der Waals surface area contributed by atoms with Gasteiger partial charge in [0.05, 0.1) is 39.1 Å². The molecule has 0 unspecified atom stereocenters. The van der Waals surface area contributed by atoms with Crippen molar-refractivity contribution in [3.63, 3.8) is 0 Å². The van der Waals surface area contributed by atoms with Gasteiger partial charge in [0.2, 0.25) is 11.5 Å². The fraction of sp³-hybridized carbons (Fsp3) is 0.185. The lowest BCUT2D eigenvalue weighted by Gasteiger charge is -2.14. The number of benzene rings is 3. The Bertz CT molecular complexity index is 1280. The van der Waals surface area contributed by atoms with Crippen LogP contribution in [0.2, 0.25) is 0 Å². The highest BCUT2D eigenvalue weighted by Gasteiger charge is 2.28. The van der Waals surface area contributed by atoms with E-state index in [4.69, 9.17) is 28.4 Å². The lowest BCUT2D eigenvalue weighted by molar-refractivity contribution is 0.0733. The van der Waals surface area contributed by atoms with E-state index < -0.39 is 5.97 Å². The molecule has 8 nitrogen and oxygen atoms in total. The number of methoxy groups -OCH3 is 3. The summed E-state index contributed by atoms with van der Waals surface area (Å²) >= 11 is 0. The Morgan fingerprint density at radius 3 is 2.29 bits per heavy atom. The molecule has 0 amide bonds. The Labute approximate surface area is 202 Å². The van der Waals surface area contributed by atoms with Gasteiger partial charge in [-0.25, -0.2) is 4.79 Å². The summed E-state index contributed by atoms with van der Waals surface area (Å²) < 4.78 is 32.8. The van der Waals surface area contributed by atoms with Crippen LogP contribution in [0.5, 0.6) is 34.5 Å². The monoisotopic (exact) mass is 476 g/mol. The molecule has 3 aromatic rings. The van der Waals surface area contributed by atoms with Gasteiger partial charge in [0, 0.05) is 11.6 Å². The van der Waals surface area contributed by atoms with Gasteiger partial charge in [-0.1, -0.05) is 18.2 Å². The SMILES string of the molecule is CCOc1ccc2c(c1)O/C(=C\c1ccccc1OC(=O)c1cc(OC)c(OC)c(OC)c1)C2=O. The Kier molecular flexibility index (Phi) is 6.91. The molecule has 0 N–H and O–H groups in total. The zero-order valence-electron chi connectivity index (χ0n) is 19.7. The van der Waals surface area contributed by atoms with Crippen molar-refractivity contribution >= 4 is 17.8 Å². The highest BCUT2D eigenvalue weighted by atomic mass is 16.5. The third kappa shape index (κ3) is 4.77. The largest absolute Gasteiger partial charge is 0.494 e. The van der Waals surface area contributed by atoms with Crippen molar-refractivity contribution in [3.05, 3.63) is 77.0 Å². The average molecular weight is 476 g/mol. The van der Waals surface area contributed by atoms with Crippen molar-refractivity contribution < 1.29 is 38.0 Å². The number of fused-ring (bicyclic) bond motifs is 1. The summed E-state index contributed by atoms with van der Waals surface area (Å²) in [5.74, 6) is 1.49. The fourth-order valence-electron chi connectivity index (χ4n) is 3.62. The minimum Gasteiger partial charge on any atom is -0.494 e.